The molecule has 0 bridgehead atoms. The van der Waals surface area contributed by atoms with Crippen LogP contribution in [-0.4, -0.2) is 54.8 Å². The van der Waals surface area contributed by atoms with E-state index in [4.69, 9.17) is 19.3 Å². The number of benzene rings is 1. The van der Waals surface area contributed by atoms with Gasteiger partial charge in [-0.15, -0.1) is 0 Å². The van der Waals surface area contributed by atoms with E-state index in [0.29, 0.717) is 36.0 Å². The maximum Gasteiger partial charge on any atom is 0.323 e. The summed E-state index contributed by atoms with van der Waals surface area (Å²) in [6, 6.07) is 3.26. The summed E-state index contributed by atoms with van der Waals surface area (Å²) >= 11 is 0. The largest absolute Gasteiger partial charge is 0.493 e. The number of aliphatic carboxylic acids is 1. The molecule has 0 atom stereocenters. The van der Waals surface area contributed by atoms with Gasteiger partial charge >= 0.3 is 5.97 Å². The van der Waals surface area contributed by atoms with Crippen molar-refractivity contribution in [1.82, 2.24) is 4.90 Å². The highest BCUT2D eigenvalue weighted by atomic mass is 16.6. The first-order valence-corrected chi connectivity index (χ1v) is 7.60. The van der Waals surface area contributed by atoms with Crippen LogP contribution in [0.5, 0.6) is 17.2 Å². The van der Waals surface area contributed by atoms with Gasteiger partial charge in [-0.05, 0) is 37.6 Å². The molecule has 2 rings (SSSR count). The Hall–Kier alpha value is -2.70. The van der Waals surface area contributed by atoms with Gasteiger partial charge in [0.15, 0.2) is 11.5 Å². The lowest BCUT2D eigenvalue weighted by molar-refractivity contribution is -0.143. The smallest absolute Gasteiger partial charge is 0.323 e. The fraction of sp³-hybridized carbons (Fsp3) is 0.412. The van der Waals surface area contributed by atoms with Gasteiger partial charge in [-0.3, -0.25) is 9.59 Å². The number of carbonyl (C=O) groups excluding carboxylic acids is 1. The van der Waals surface area contributed by atoms with Crippen LogP contribution in [0, 0.1) is 0 Å². The summed E-state index contributed by atoms with van der Waals surface area (Å²) in [5, 5.41) is 8.90. The molecule has 1 aliphatic rings. The van der Waals surface area contributed by atoms with Crippen LogP contribution in [0.15, 0.2) is 18.2 Å². The van der Waals surface area contributed by atoms with Crippen molar-refractivity contribution in [3.05, 3.63) is 23.8 Å². The van der Waals surface area contributed by atoms with Gasteiger partial charge in [0.05, 0.1) is 7.11 Å². The number of carboxylic acids is 1. The van der Waals surface area contributed by atoms with Gasteiger partial charge in [0.25, 0.3) is 0 Å². The number of carboxylic acid groups (broad SMARTS) is 1. The Morgan fingerprint density at radius 2 is 2.04 bits per heavy atom. The number of hydrogen-bond acceptors (Lipinski definition) is 5. The first kappa shape index (κ1) is 17.7. The van der Waals surface area contributed by atoms with E-state index in [1.807, 2.05) is 0 Å². The molecule has 0 aromatic heterocycles. The molecule has 0 radical (unpaired) electrons. The van der Waals surface area contributed by atoms with E-state index in [1.165, 1.54) is 18.1 Å². The molecular formula is C17H21NO6. The number of nitrogens with zero attached hydrogens (tertiary/aromatic N) is 1. The van der Waals surface area contributed by atoms with E-state index in [1.54, 1.807) is 32.1 Å². The fourth-order valence-electron chi connectivity index (χ4n) is 2.31. The minimum Gasteiger partial charge on any atom is -0.493 e. The van der Waals surface area contributed by atoms with Crippen molar-refractivity contribution in [2.45, 2.75) is 19.9 Å². The standard InChI is InChI=1S/C17H21NO6/c1-11(2)18(10-16(20)21)15(19)5-4-12-8-13(22-3)17-14(9-12)23-6-7-24-17/h4-5,8-9,11H,6-7,10H2,1-3H3,(H,20,21). The lowest BCUT2D eigenvalue weighted by Crippen LogP contribution is -2.39. The van der Waals surface area contributed by atoms with Gasteiger partial charge < -0.3 is 24.2 Å². The Morgan fingerprint density at radius 1 is 1.33 bits per heavy atom. The molecule has 0 fully saturated rings. The van der Waals surface area contributed by atoms with Crippen LogP contribution in [0.3, 0.4) is 0 Å². The molecule has 0 saturated carbocycles. The minimum absolute atomic E-state index is 0.215. The van der Waals surface area contributed by atoms with E-state index < -0.39 is 5.97 Å². The maximum atomic E-state index is 12.2. The Morgan fingerprint density at radius 3 is 2.67 bits per heavy atom. The predicted octanol–water partition coefficient (Wildman–Crippen LogP) is 1.80. The average molecular weight is 335 g/mol. The minimum atomic E-state index is -1.05. The molecule has 24 heavy (non-hydrogen) atoms. The number of rotatable bonds is 6. The number of carbonyl (C=O) groups is 2. The van der Waals surface area contributed by atoms with E-state index in [-0.39, 0.29) is 18.5 Å². The first-order chi connectivity index (χ1) is 11.4. The van der Waals surface area contributed by atoms with Crippen molar-refractivity contribution < 1.29 is 28.9 Å². The van der Waals surface area contributed by atoms with Crippen LogP contribution in [0.4, 0.5) is 0 Å². The Labute approximate surface area is 140 Å². The Balaban J connectivity index is 2.21. The van der Waals surface area contributed by atoms with Gasteiger partial charge in [0, 0.05) is 12.1 Å². The molecule has 1 amide bonds. The first-order valence-electron chi connectivity index (χ1n) is 7.60. The third kappa shape index (κ3) is 4.18. The molecule has 1 aliphatic heterocycles. The summed E-state index contributed by atoms with van der Waals surface area (Å²) in [4.78, 5) is 24.4. The van der Waals surface area contributed by atoms with Crippen molar-refractivity contribution >= 4 is 18.0 Å². The van der Waals surface area contributed by atoms with Crippen LogP contribution < -0.4 is 14.2 Å². The molecule has 0 spiro atoms. The summed E-state index contributed by atoms with van der Waals surface area (Å²) in [6.07, 6.45) is 2.94. The summed E-state index contributed by atoms with van der Waals surface area (Å²) in [5.41, 5.74) is 0.698. The van der Waals surface area contributed by atoms with Crippen molar-refractivity contribution in [2.24, 2.45) is 0 Å². The normalized spacial score (nSPS) is 13.2. The maximum absolute atomic E-state index is 12.2. The average Bonchev–Trinajstić information content (AvgIpc) is 2.56. The molecule has 1 aromatic carbocycles. The van der Waals surface area contributed by atoms with E-state index in [2.05, 4.69) is 0 Å². The number of amides is 1. The zero-order valence-corrected chi connectivity index (χ0v) is 13.9. The van der Waals surface area contributed by atoms with E-state index in [9.17, 15) is 9.59 Å². The molecule has 7 heteroatoms. The van der Waals surface area contributed by atoms with Gasteiger partial charge in [-0.1, -0.05) is 0 Å². The monoisotopic (exact) mass is 335 g/mol. The summed E-state index contributed by atoms with van der Waals surface area (Å²) in [6.45, 7) is 4.09. The highest BCUT2D eigenvalue weighted by Crippen LogP contribution is 2.40. The molecule has 1 N–H and O–H groups in total. The lowest BCUT2D eigenvalue weighted by atomic mass is 10.1. The topological polar surface area (TPSA) is 85.3 Å². The number of methoxy groups -OCH3 is 1. The Kier molecular flexibility index (Phi) is 5.68. The second-order valence-electron chi connectivity index (χ2n) is 5.53. The predicted molar refractivity (Wildman–Crippen MR) is 87.5 cm³/mol. The third-order valence-corrected chi connectivity index (χ3v) is 3.48. The SMILES string of the molecule is COc1cc(C=CC(=O)N(CC(=O)O)C(C)C)cc2c1OCCO2. The second-order valence-corrected chi connectivity index (χ2v) is 5.53. The molecule has 0 saturated heterocycles. The molecule has 7 nitrogen and oxygen atoms in total. The van der Waals surface area contributed by atoms with Gasteiger partial charge in [-0.2, -0.15) is 0 Å². The summed E-state index contributed by atoms with van der Waals surface area (Å²) in [7, 11) is 1.53. The second kappa shape index (κ2) is 7.72. The number of fused-ring (bicyclic) bond motifs is 1. The molecule has 0 unspecified atom stereocenters. The molecular weight excluding hydrogens is 314 g/mol. The Bertz CT molecular complexity index is 635. The van der Waals surface area contributed by atoms with Crippen molar-refractivity contribution in [3.63, 3.8) is 0 Å². The lowest BCUT2D eigenvalue weighted by Gasteiger charge is -2.23. The summed E-state index contributed by atoms with van der Waals surface area (Å²) < 4.78 is 16.4. The third-order valence-electron chi connectivity index (χ3n) is 3.48. The van der Waals surface area contributed by atoms with Crippen LogP contribution in [0.1, 0.15) is 19.4 Å². The van der Waals surface area contributed by atoms with Crippen molar-refractivity contribution in [3.8, 4) is 17.2 Å². The van der Waals surface area contributed by atoms with E-state index >= 15 is 0 Å². The zero-order chi connectivity index (χ0) is 17.7. The van der Waals surface area contributed by atoms with Crippen LogP contribution in [-0.2, 0) is 9.59 Å². The molecule has 130 valence electrons. The van der Waals surface area contributed by atoms with Crippen LogP contribution in [0.25, 0.3) is 6.08 Å². The number of ether oxygens (including phenoxy) is 3. The van der Waals surface area contributed by atoms with Gasteiger partial charge in [0.2, 0.25) is 11.7 Å². The highest BCUT2D eigenvalue weighted by molar-refractivity contribution is 5.94. The quantitative estimate of drug-likeness (QED) is 0.798. The van der Waals surface area contributed by atoms with Crippen LogP contribution in [0.2, 0.25) is 0 Å². The molecule has 1 aromatic rings. The fourth-order valence-corrected chi connectivity index (χ4v) is 2.31. The zero-order valence-electron chi connectivity index (χ0n) is 13.9. The molecule has 0 aliphatic carbocycles. The van der Waals surface area contributed by atoms with Crippen LogP contribution >= 0.6 is 0 Å². The van der Waals surface area contributed by atoms with Crippen molar-refractivity contribution in [1.29, 1.82) is 0 Å². The van der Waals surface area contributed by atoms with Gasteiger partial charge in [-0.25, -0.2) is 0 Å². The number of hydrogen-bond donors (Lipinski definition) is 1. The summed E-state index contributed by atoms with van der Waals surface area (Å²) in [5.74, 6) is 0.194. The van der Waals surface area contributed by atoms with E-state index in [0.717, 1.165) is 0 Å². The highest BCUT2D eigenvalue weighted by Gasteiger charge is 2.19. The van der Waals surface area contributed by atoms with Crippen molar-refractivity contribution in [2.75, 3.05) is 26.9 Å². The molecule has 1 heterocycles. The van der Waals surface area contributed by atoms with Gasteiger partial charge in [0.1, 0.15) is 19.8 Å².